The van der Waals surface area contributed by atoms with E-state index in [2.05, 4.69) is 31.8 Å². The summed E-state index contributed by atoms with van der Waals surface area (Å²) in [5, 5.41) is 6.57. The molecule has 0 unspecified atom stereocenters. The number of benzene rings is 3. The molecule has 3 rings (SSSR count). The van der Waals surface area contributed by atoms with Gasteiger partial charge in [0.05, 0.1) is 16.8 Å². The molecule has 0 spiro atoms. The van der Waals surface area contributed by atoms with Crippen molar-refractivity contribution in [1.82, 2.24) is 5.43 Å². The van der Waals surface area contributed by atoms with Crippen molar-refractivity contribution < 1.29 is 19.1 Å². The number of aryl methyl sites for hydroxylation is 1. The summed E-state index contributed by atoms with van der Waals surface area (Å²) in [5.41, 5.74) is 4.37. The van der Waals surface area contributed by atoms with E-state index in [0.717, 1.165) is 12.0 Å². The minimum atomic E-state index is -0.949. The summed E-state index contributed by atoms with van der Waals surface area (Å²) in [7, 11) is 0. The molecule has 0 aliphatic rings. The number of halogens is 2. The van der Waals surface area contributed by atoms with Crippen LogP contribution < -0.4 is 15.5 Å². The van der Waals surface area contributed by atoms with Crippen molar-refractivity contribution in [2.45, 2.75) is 13.3 Å². The van der Waals surface area contributed by atoms with Gasteiger partial charge in [-0.2, -0.15) is 5.10 Å². The normalized spacial score (nSPS) is 10.6. The van der Waals surface area contributed by atoms with E-state index in [-0.39, 0.29) is 16.3 Å². The molecule has 0 saturated heterocycles. The molecule has 0 saturated carbocycles. The Labute approximate surface area is 203 Å². The lowest BCUT2D eigenvalue weighted by molar-refractivity contribution is -0.136. The molecular weight excluding hydrogens is 510 g/mol. The number of hydrazone groups is 1. The lowest BCUT2D eigenvalue weighted by atomic mass is 10.1. The molecule has 33 heavy (non-hydrogen) atoms. The van der Waals surface area contributed by atoms with Crippen LogP contribution in [0, 0.1) is 0 Å². The fourth-order valence-corrected chi connectivity index (χ4v) is 3.31. The summed E-state index contributed by atoms with van der Waals surface area (Å²) in [6, 6.07) is 18.6. The number of hydrogen-bond donors (Lipinski definition) is 2. The van der Waals surface area contributed by atoms with E-state index in [9.17, 15) is 14.4 Å². The molecule has 0 aliphatic heterocycles. The van der Waals surface area contributed by atoms with Crippen LogP contribution in [0.25, 0.3) is 0 Å². The maximum absolute atomic E-state index is 12.5. The summed E-state index contributed by atoms with van der Waals surface area (Å²) in [4.78, 5) is 36.6. The Morgan fingerprint density at radius 3 is 2.45 bits per heavy atom. The predicted molar refractivity (Wildman–Crippen MR) is 131 cm³/mol. The third kappa shape index (κ3) is 6.74. The van der Waals surface area contributed by atoms with E-state index in [1.165, 1.54) is 6.21 Å². The highest BCUT2D eigenvalue weighted by atomic mass is 79.9. The molecule has 0 aliphatic carbocycles. The number of ether oxygens (including phenoxy) is 1. The average Bonchev–Trinajstić information content (AvgIpc) is 2.81. The molecule has 0 atom stereocenters. The van der Waals surface area contributed by atoms with Crippen LogP contribution in [0.3, 0.4) is 0 Å². The molecule has 0 aromatic heterocycles. The quantitative estimate of drug-likeness (QED) is 0.155. The Morgan fingerprint density at radius 2 is 1.76 bits per heavy atom. The Kier molecular flexibility index (Phi) is 8.34. The van der Waals surface area contributed by atoms with Crippen molar-refractivity contribution in [3.63, 3.8) is 0 Å². The number of amides is 2. The lowest BCUT2D eigenvalue weighted by Gasteiger charge is -2.09. The van der Waals surface area contributed by atoms with Gasteiger partial charge in [-0.25, -0.2) is 10.2 Å². The lowest BCUT2D eigenvalue weighted by Crippen LogP contribution is -2.32. The summed E-state index contributed by atoms with van der Waals surface area (Å²) >= 11 is 9.39. The zero-order valence-electron chi connectivity index (χ0n) is 17.5. The number of anilines is 1. The van der Waals surface area contributed by atoms with E-state index in [4.69, 9.17) is 16.3 Å². The van der Waals surface area contributed by atoms with Crippen molar-refractivity contribution in [3.05, 3.63) is 92.9 Å². The second-order valence-electron chi connectivity index (χ2n) is 6.76. The minimum Gasteiger partial charge on any atom is -0.422 e. The molecule has 2 N–H and O–H groups in total. The first-order chi connectivity index (χ1) is 15.9. The first kappa shape index (κ1) is 24.2. The van der Waals surface area contributed by atoms with Crippen molar-refractivity contribution in [2.24, 2.45) is 5.10 Å². The van der Waals surface area contributed by atoms with E-state index in [0.29, 0.717) is 15.7 Å². The standard InChI is InChI=1S/C24H19BrClN3O4/c1-2-15-7-10-18(11-8-15)28-22(30)23(31)29-27-14-16-13-17(25)9-12-21(16)33-24(32)19-5-3-4-6-20(19)26/h3-14H,2H2,1H3,(H,28,30)(H,29,31)/b27-14+. The molecule has 3 aromatic rings. The summed E-state index contributed by atoms with van der Waals surface area (Å²) in [5.74, 6) is -2.26. The zero-order chi connectivity index (χ0) is 23.8. The van der Waals surface area contributed by atoms with Crippen molar-refractivity contribution in [2.75, 3.05) is 5.32 Å². The number of esters is 1. The van der Waals surface area contributed by atoms with Crippen LogP contribution in [0.2, 0.25) is 5.02 Å². The largest absolute Gasteiger partial charge is 0.422 e. The molecule has 0 radical (unpaired) electrons. The van der Waals surface area contributed by atoms with Gasteiger partial charge in [-0.15, -0.1) is 0 Å². The van der Waals surface area contributed by atoms with Crippen LogP contribution in [0.5, 0.6) is 5.75 Å². The van der Waals surface area contributed by atoms with Crippen molar-refractivity contribution >= 4 is 57.2 Å². The van der Waals surface area contributed by atoms with Gasteiger partial charge in [0.25, 0.3) is 0 Å². The molecule has 0 bridgehead atoms. The highest BCUT2D eigenvalue weighted by Gasteiger charge is 2.15. The van der Waals surface area contributed by atoms with Crippen LogP contribution in [0.1, 0.15) is 28.4 Å². The van der Waals surface area contributed by atoms with Crippen molar-refractivity contribution in [3.8, 4) is 5.75 Å². The maximum Gasteiger partial charge on any atom is 0.345 e. The van der Waals surface area contributed by atoms with Crippen molar-refractivity contribution in [1.29, 1.82) is 0 Å². The van der Waals surface area contributed by atoms with Gasteiger partial charge in [-0.05, 0) is 54.4 Å². The fourth-order valence-electron chi connectivity index (χ4n) is 2.72. The Bertz CT molecular complexity index is 1210. The maximum atomic E-state index is 12.5. The number of carbonyl (C=O) groups is 3. The average molecular weight is 529 g/mol. The topological polar surface area (TPSA) is 96.9 Å². The van der Waals surface area contributed by atoms with Crippen LogP contribution in [0.4, 0.5) is 5.69 Å². The molecule has 0 fully saturated rings. The molecule has 3 aromatic carbocycles. The monoisotopic (exact) mass is 527 g/mol. The highest BCUT2D eigenvalue weighted by Crippen LogP contribution is 2.24. The number of nitrogens with zero attached hydrogens (tertiary/aromatic N) is 1. The van der Waals surface area contributed by atoms with Gasteiger partial charge in [0.1, 0.15) is 5.75 Å². The van der Waals surface area contributed by atoms with Gasteiger partial charge in [-0.3, -0.25) is 9.59 Å². The van der Waals surface area contributed by atoms with E-state index >= 15 is 0 Å². The smallest absolute Gasteiger partial charge is 0.345 e. The SMILES string of the molecule is CCc1ccc(NC(=O)C(=O)N/N=C/c2cc(Br)ccc2OC(=O)c2ccccc2Cl)cc1. The van der Waals surface area contributed by atoms with E-state index in [1.807, 2.05) is 19.1 Å². The number of carbonyl (C=O) groups excluding carboxylic acids is 3. The Balaban J connectivity index is 1.65. The van der Waals surface area contributed by atoms with Gasteiger partial charge in [-0.1, -0.05) is 58.7 Å². The van der Waals surface area contributed by atoms with Gasteiger partial charge < -0.3 is 10.1 Å². The third-order valence-electron chi connectivity index (χ3n) is 4.46. The van der Waals surface area contributed by atoms with Gasteiger partial charge in [0.15, 0.2) is 0 Å². The first-order valence-electron chi connectivity index (χ1n) is 9.87. The molecule has 7 nitrogen and oxygen atoms in total. The minimum absolute atomic E-state index is 0.196. The Hall–Kier alpha value is -3.49. The van der Waals surface area contributed by atoms with Gasteiger partial charge in [0.2, 0.25) is 0 Å². The Morgan fingerprint density at radius 1 is 1.03 bits per heavy atom. The number of rotatable bonds is 6. The first-order valence-corrected chi connectivity index (χ1v) is 11.0. The molecule has 0 heterocycles. The third-order valence-corrected chi connectivity index (χ3v) is 5.29. The van der Waals surface area contributed by atoms with E-state index in [1.54, 1.807) is 54.6 Å². The molecule has 9 heteroatoms. The van der Waals surface area contributed by atoms with Gasteiger partial charge >= 0.3 is 17.8 Å². The summed E-state index contributed by atoms with van der Waals surface area (Å²) in [6.45, 7) is 2.02. The second-order valence-corrected chi connectivity index (χ2v) is 8.08. The number of nitrogens with one attached hydrogen (secondary N) is 2. The fraction of sp³-hybridized carbons (Fsp3) is 0.0833. The molecular formula is C24H19BrClN3O4. The van der Waals surface area contributed by atoms with Gasteiger partial charge in [0, 0.05) is 15.7 Å². The van der Waals surface area contributed by atoms with Crippen LogP contribution in [0.15, 0.2) is 76.3 Å². The second kappa shape index (κ2) is 11.4. The van der Waals surface area contributed by atoms with Crippen LogP contribution >= 0.6 is 27.5 Å². The predicted octanol–water partition coefficient (Wildman–Crippen LogP) is 4.97. The highest BCUT2D eigenvalue weighted by molar-refractivity contribution is 9.10. The molecule has 2 amide bonds. The number of hydrogen-bond acceptors (Lipinski definition) is 5. The molecule has 168 valence electrons. The van der Waals surface area contributed by atoms with E-state index < -0.39 is 17.8 Å². The van der Waals surface area contributed by atoms with Crippen LogP contribution in [-0.4, -0.2) is 24.0 Å². The summed E-state index contributed by atoms with van der Waals surface area (Å²) in [6.07, 6.45) is 2.13. The van der Waals surface area contributed by atoms with Crippen LogP contribution in [-0.2, 0) is 16.0 Å². The summed E-state index contributed by atoms with van der Waals surface area (Å²) < 4.78 is 6.14. The zero-order valence-corrected chi connectivity index (χ0v) is 19.8.